The number of carbonyl (C=O) groups is 1. The summed E-state index contributed by atoms with van der Waals surface area (Å²) in [6.45, 7) is 2.73. The van der Waals surface area contributed by atoms with E-state index in [0.717, 1.165) is 21.2 Å². The Bertz CT molecular complexity index is 1100. The Labute approximate surface area is 199 Å². The summed E-state index contributed by atoms with van der Waals surface area (Å²) >= 11 is 6.74. The van der Waals surface area contributed by atoms with Gasteiger partial charge in [-0.1, -0.05) is 29.0 Å². The second-order valence-corrected chi connectivity index (χ2v) is 10.7. The molecule has 0 saturated carbocycles. The van der Waals surface area contributed by atoms with Gasteiger partial charge in [0.1, 0.15) is 0 Å². The fraction of sp³-hybridized carbons (Fsp3) is 0.273. The Kier molecular flexibility index (Phi) is 6.92. The first-order valence-electron chi connectivity index (χ1n) is 10.1. The Hall–Kier alpha value is -2.30. The van der Waals surface area contributed by atoms with E-state index in [-0.39, 0.29) is 5.91 Å². The number of halogens is 1. The maximum absolute atomic E-state index is 12.7. The molecule has 0 spiro atoms. The van der Waals surface area contributed by atoms with Gasteiger partial charge in [0.05, 0.1) is 40.7 Å². The number of aromatic nitrogens is 1. The van der Waals surface area contributed by atoms with Crippen LogP contribution in [0.25, 0.3) is 11.1 Å². The van der Waals surface area contributed by atoms with Crippen LogP contribution in [0, 0.1) is 0 Å². The van der Waals surface area contributed by atoms with E-state index in [9.17, 15) is 9.35 Å². The number of nitrogens with zero attached hydrogens (tertiary/aromatic N) is 4. The van der Waals surface area contributed by atoms with E-state index >= 15 is 0 Å². The number of pyridine rings is 1. The number of carbonyl (C=O) groups excluding carboxylic acids is 1. The average molecular weight is 490 g/mol. The molecule has 2 N–H and O–H groups in total. The van der Waals surface area contributed by atoms with Crippen LogP contribution in [0.4, 0.5) is 11.5 Å². The third-order valence-electron chi connectivity index (χ3n) is 5.27. The highest BCUT2D eigenvalue weighted by Crippen LogP contribution is 2.31. The number of nitrogen functional groups attached to an aromatic ring is 1. The first-order chi connectivity index (χ1) is 15.3. The van der Waals surface area contributed by atoms with Crippen molar-refractivity contribution in [3.8, 4) is 11.1 Å². The number of thiophene rings is 1. The largest absolute Gasteiger partial charge is 0.592 e. The van der Waals surface area contributed by atoms with E-state index in [1.807, 2.05) is 34.0 Å². The molecular formula is C22H24ClN5O2S2. The lowest BCUT2D eigenvalue weighted by atomic mass is 10.0. The minimum atomic E-state index is -1.12. The molecule has 1 saturated heterocycles. The van der Waals surface area contributed by atoms with Crippen molar-refractivity contribution < 1.29 is 9.35 Å². The SMILES string of the molecule is CN(C)C(=O)c1ccc(-c2cnc(N3CCN([S+]([O-])c4cccs4)CC3)c(N)c2)cc1Cl. The number of benzene rings is 1. The summed E-state index contributed by atoms with van der Waals surface area (Å²) < 4.78 is 15.5. The lowest BCUT2D eigenvalue weighted by Crippen LogP contribution is -2.48. The molecular weight excluding hydrogens is 466 g/mol. The summed E-state index contributed by atoms with van der Waals surface area (Å²) in [5.41, 5.74) is 9.04. The zero-order valence-corrected chi connectivity index (χ0v) is 20.2. The van der Waals surface area contributed by atoms with Crippen LogP contribution in [-0.2, 0) is 11.4 Å². The van der Waals surface area contributed by atoms with Gasteiger partial charge in [-0.15, -0.1) is 4.31 Å². The van der Waals surface area contributed by atoms with Crippen molar-refractivity contribution in [1.29, 1.82) is 0 Å². The molecule has 1 aromatic carbocycles. The first-order valence-corrected chi connectivity index (χ1v) is 12.4. The Morgan fingerprint density at radius 1 is 1.19 bits per heavy atom. The molecule has 2 aromatic heterocycles. The quantitative estimate of drug-likeness (QED) is 0.551. The highest BCUT2D eigenvalue weighted by atomic mass is 35.5. The molecule has 1 fully saturated rings. The fourth-order valence-corrected chi connectivity index (χ4v) is 6.03. The summed E-state index contributed by atoms with van der Waals surface area (Å²) in [5.74, 6) is 0.578. The lowest BCUT2D eigenvalue weighted by molar-refractivity contribution is 0.0828. The third-order valence-corrected chi connectivity index (χ3v) is 8.28. The van der Waals surface area contributed by atoms with Gasteiger partial charge in [0, 0.05) is 45.0 Å². The molecule has 32 heavy (non-hydrogen) atoms. The van der Waals surface area contributed by atoms with E-state index in [2.05, 4.69) is 9.88 Å². The van der Waals surface area contributed by atoms with Crippen molar-refractivity contribution in [3.63, 3.8) is 0 Å². The molecule has 1 unspecified atom stereocenters. The van der Waals surface area contributed by atoms with E-state index in [1.165, 1.54) is 16.2 Å². The number of anilines is 2. The molecule has 3 heterocycles. The molecule has 168 valence electrons. The van der Waals surface area contributed by atoms with Gasteiger partial charge in [0.2, 0.25) is 4.21 Å². The Morgan fingerprint density at radius 3 is 2.53 bits per heavy atom. The van der Waals surface area contributed by atoms with Crippen molar-refractivity contribution in [2.75, 3.05) is 50.9 Å². The summed E-state index contributed by atoms with van der Waals surface area (Å²) in [5, 5.41) is 2.33. The van der Waals surface area contributed by atoms with Crippen molar-refractivity contribution >= 4 is 51.7 Å². The van der Waals surface area contributed by atoms with Gasteiger partial charge in [-0.25, -0.2) is 4.98 Å². The second kappa shape index (κ2) is 9.68. The van der Waals surface area contributed by atoms with E-state index < -0.39 is 11.4 Å². The predicted octanol–water partition coefficient (Wildman–Crippen LogP) is 3.59. The molecule has 10 heteroatoms. The van der Waals surface area contributed by atoms with Crippen LogP contribution < -0.4 is 10.6 Å². The predicted molar refractivity (Wildman–Crippen MR) is 132 cm³/mol. The number of piperazine rings is 1. The highest BCUT2D eigenvalue weighted by Gasteiger charge is 2.29. The lowest BCUT2D eigenvalue weighted by Gasteiger charge is -2.34. The Balaban J connectivity index is 1.46. The van der Waals surface area contributed by atoms with Gasteiger partial charge < -0.3 is 20.1 Å². The summed E-state index contributed by atoms with van der Waals surface area (Å²) in [7, 11) is 3.38. The number of rotatable bonds is 5. The van der Waals surface area contributed by atoms with Gasteiger partial charge in [0.15, 0.2) is 5.82 Å². The molecule has 4 rings (SSSR count). The van der Waals surface area contributed by atoms with Crippen LogP contribution >= 0.6 is 22.9 Å². The van der Waals surface area contributed by atoms with Crippen LogP contribution in [0.3, 0.4) is 0 Å². The molecule has 3 aromatic rings. The average Bonchev–Trinajstić information content (AvgIpc) is 3.33. The van der Waals surface area contributed by atoms with Gasteiger partial charge in [0.25, 0.3) is 5.91 Å². The molecule has 0 bridgehead atoms. The zero-order valence-electron chi connectivity index (χ0n) is 17.8. The van der Waals surface area contributed by atoms with E-state index in [0.29, 0.717) is 42.5 Å². The summed E-state index contributed by atoms with van der Waals surface area (Å²) in [6.07, 6.45) is 1.76. The van der Waals surface area contributed by atoms with Gasteiger partial charge in [-0.3, -0.25) is 4.79 Å². The van der Waals surface area contributed by atoms with Crippen molar-refractivity contribution in [2.45, 2.75) is 4.21 Å². The van der Waals surface area contributed by atoms with Gasteiger partial charge >= 0.3 is 0 Å². The van der Waals surface area contributed by atoms with Crippen LogP contribution in [0.2, 0.25) is 5.02 Å². The molecule has 0 radical (unpaired) electrons. The topological polar surface area (TPSA) is 88.8 Å². The monoisotopic (exact) mass is 489 g/mol. The van der Waals surface area contributed by atoms with Crippen LogP contribution in [-0.4, -0.2) is 64.9 Å². The van der Waals surface area contributed by atoms with Crippen LogP contribution in [0.1, 0.15) is 10.4 Å². The number of hydrogen-bond donors (Lipinski definition) is 1. The van der Waals surface area contributed by atoms with Crippen molar-refractivity contribution in [1.82, 2.24) is 14.2 Å². The summed E-state index contributed by atoms with van der Waals surface area (Å²) in [6, 6.07) is 11.0. The molecule has 0 aliphatic carbocycles. The first kappa shape index (κ1) is 22.9. The van der Waals surface area contributed by atoms with Crippen LogP contribution in [0.15, 0.2) is 52.2 Å². The van der Waals surface area contributed by atoms with Crippen molar-refractivity contribution in [3.05, 3.63) is 58.6 Å². The Morgan fingerprint density at radius 2 is 1.94 bits per heavy atom. The molecule has 1 amide bonds. The van der Waals surface area contributed by atoms with E-state index in [1.54, 1.807) is 32.4 Å². The third kappa shape index (κ3) is 4.72. The molecule has 1 aliphatic heterocycles. The number of amides is 1. The number of nitrogens with two attached hydrogens (primary N) is 1. The fourth-order valence-electron chi connectivity index (χ4n) is 3.56. The standard InChI is InChI=1S/C22H24ClN5O2S2/c1-26(2)22(29)17-6-5-15(12-18(17)23)16-13-19(24)21(25-14-16)27-7-9-28(10-8-27)32(30)20-4-3-11-31-20/h3-6,11-14H,7-10,24H2,1-2H3. The maximum Gasteiger partial charge on any atom is 0.254 e. The smallest absolute Gasteiger partial charge is 0.254 e. The van der Waals surface area contributed by atoms with Gasteiger partial charge in [-0.2, -0.15) is 0 Å². The normalized spacial score (nSPS) is 15.6. The minimum absolute atomic E-state index is 0.145. The minimum Gasteiger partial charge on any atom is -0.592 e. The number of hydrogen-bond acceptors (Lipinski definition) is 7. The van der Waals surface area contributed by atoms with Crippen molar-refractivity contribution in [2.24, 2.45) is 0 Å². The molecule has 1 atom stereocenters. The molecule has 1 aliphatic rings. The maximum atomic E-state index is 12.7. The summed E-state index contributed by atoms with van der Waals surface area (Å²) in [4.78, 5) is 20.4. The van der Waals surface area contributed by atoms with E-state index in [4.69, 9.17) is 17.3 Å². The second-order valence-electron chi connectivity index (χ2n) is 7.63. The van der Waals surface area contributed by atoms with Crippen LogP contribution in [0.5, 0.6) is 0 Å². The van der Waals surface area contributed by atoms with Gasteiger partial charge in [-0.05, 0) is 35.2 Å². The highest BCUT2D eigenvalue weighted by molar-refractivity contribution is 7.91. The zero-order chi connectivity index (χ0) is 22.8. The molecule has 7 nitrogen and oxygen atoms in total.